The van der Waals surface area contributed by atoms with E-state index in [0.29, 0.717) is 17.3 Å². The number of aromatic amines is 1. The molecule has 18 heavy (non-hydrogen) atoms. The van der Waals surface area contributed by atoms with E-state index < -0.39 is 0 Å². The van der Waals surface area contributed by atoms with Gasteiger partial charge in [0.1, 0.15) is 5.15 Å². The fourth-order valence-electron chi connectivity index (χ4n) is 1.43. The molecule has 0 aliphatic rings. The summed E-state index contributed by atoms with van der Waals surface area (Å²) >= 11 is 5.72. The Hall–Kier alpha value is -1.88. The van der Waals surface area contributed by atoms with E-state index in [4.69, 9.17) is 11.6 Å². The molecule has 0 spiro atoms. The van der Waals surface area contributed by atoms with Crippen molar-refractivity contribution in [1.29, 1.82) is 0 Å². The third-order valence-electron chi connectivity index (χ3n) is 2.45. The minimum absolute atomic E-state index is 0.263. The molecule has 6 heteroatoms. The topological polar surface area (TPSA) is 70.7 Å². The Kier molecular flexibility index (Phi) is 3.62. The van der Waals surface area contributed by atoms with E-state index in [0.717, 1.165) is 5.69 Å². The number of nitrogens with zero attached hydrogens (tertiary/aromatic N) is 2. The zero-order valence-corrected chi connectivity index (χ0v) is 10.8. The van der Waals surface area contributed by atoms with Crippen molar-refractivity contribution in [1.82, 2.24) is 15.2 Å². The van der Waals surface area contributed by atoms with Crippen molar-refractivity contribution in [2.75, 3.05) is 5.32 Å². The van der Waals surface area contributed by atoms with Crippen molar-refractivity contribution in [2.45, 2.75) is 19.8 Å². The fraction of sp³-hybridized carbons (Fsp3) is 0.250. The smallest absolute Gasteiger partial charge is 0.257 e. The van der Waals surface area contributed by atoms with E-state index in [1.807, 2.05) is 19.9 Å². The first-order chi connectivity index (χ1) is 8.56. The number of hydrogen-bond donors (Lipinski definition) is 2. The number of pyridine rings is 1. The Balaban J connectivity index is 2.11. The Morgan fingerprint density at radius 1 is 1.44 bits per heavy atom. The minimum atomic E-state index is -0.263. The van der Waals surface area contributed by atoms with E-state index in [9.17, 15) is 4.79 Å². The molecule has 2 N–H and O–H groups in total. The normalized spacial score (nSPS) is 10.7. The average Bonchev–Trinajstić information content (AvgIpc) is 2.77. The molecule has 0 aliphatic carbocycles. The molecule has 94 valence electrons. The van der Waals surface area contributed by atoms with Crippen LogP contribution in [0.3, 0.4) is 0 Å². The third kappa shape index (κ3) is 2.87. The highest BCUT2D eigenvalue weighted by molar-refractivity contribution is 6.29. The van der Waals surface area contributed by atoms with Crippen molar-refractivity contribution in [3.8, 4) is 0 Å². The predicted molar refractivity (Wildman–Crippen MR) is 69.9 cm³/mol. The Morgan fingerprint density at radius 2 is 2.22 bits per heavy atom. The average molecular weight is 265 g/mol. The number of anilines is 1. The summed E-state index contributed by atoms with van der Waals surface area (Å²) < 4.78 is 0. The monoisotopic (exact) mass is 264 g/mol. The summed E-state index contributed by atoms with van der Waals surface area (Å²) in [6, 6.07) is 4.91. The van der Waals surface area contributed by atoms with Gasteiger partial charge >= 0.3 is 0 Å². The molecule has 2 rings (SSSR count). The molecule has 0 saturated carbocycles. The van der Waals surface area contributed by atoms with Gasteiger partial charge in [-0.15, -0.1) is 0 Å². The molecule has 0 aliphatic heterocycles. The maximum absolute atomic E-state index is 11.9. The molecular formula is C12H13ClN4O. The van der Waals surface area contributed by atoms with Crippen molar-refractivity contribution in [3.63, 3.8) is 0 Å². The summed E-state index contributed by atoms with van der Waals surface area (Å²) in [6.07, 6.45) is 1.49. The minimum Gasteiger partial charge on any atom is -0.305 e. The molecule has 0 aromatic carbocycles. The van der Waals surface area contributed by atoms with Crippen molar-refractivity contribution in [3.05, 3.63) is 40.8 Å². The van der Waals surface area contributed by atoms with Crippen LogP contribution < -0.4 is 5.32 Å². The lowest BCUT2D eigenvalue weighted by atomic mass is 10.1. The number of halogens is 1. The van der Waals surface area contributed by atoms with Gasteiger partial charge in [-0.25, -0.2) is 4.98 Å². The van der Waals surface area contributed by atoms with Gasteiger partial charge in [0.05, 0.1) is 0 Å². The summed E-state index contributed by atoms with van der Waals surface area (Å²) in [6.45, 7) is 4.09. The highest BCUT2D eigenvalue weighted by atomic mass is 35.5. The first kappa shape index (κ1) is 12.6. The SMILES string of the molecule is CC(C)c1cc(NC(=O)c2ccnc(Cl)c2)n[nH]1. The fourth-order valence-corrected chi connectivity index (χ4v) is 1.60. The second-order valence-electron chi connectivity index (χ2n) is 4.18. The van der Waals surface area contributed by atoms with Gasteiger partial charge in [-0.1, -0.05) is 25.4 Å². The molecule has 0 bridgehead atoms. The van der Waals surface area contributed by atoms with Crippen LogP contribution in [0.1, 0.15) is 35.8 Å². The first-order valence-corrected chi connectivity index (χ1v) is 5.92. The molecule has 0 unspecified atom stereocenters. The molecule has 2 aromatic heterocycles. The second kappa shape index (κ2) is 5.18. The lowest BCUT2D eigenvalue weighted by Gasteiger charge is -2.01. The van der Waals surface area contributed by atoms with Crippen LogP contribution >= 0.6 is 11.6 Å². The van der Waals surface area contributed by atoms with E-state index in [1.54, 1.807) is 6.07 Å². The van der Waals surface area contributed by atoms with Crippen LogP contribution in [0, 0.1) is 0 Å². The molecule has 0 fully saturated rings. The Morgan fingerprint density at radius 3 is 2.83 bits per heavy atom. The van der Waals surface area contributed by atoms with Crippen molar-refractivity contribution in [2.24, 2.45) is 0 Å². The van der Waals surface area contributed by atoms with Crippen LogP contribution in [0.4, 0.5) is 5.82 Å². The summed E-state index contributed by atoms with van der Waals surface area (Å²) in [5, 5.41) is 9.87. The number of carbonyl (C=O) groups excluding carboxylic acids is 1. The molecule has 0 atom stereocenters. The van der Waals surface area contributed by atoms with Crippen LogP contribution in [0.15, 0.2) is 24.4 Å². The first-order valence-electron chi connectivity index (χ1n) is 5.54. The van der Waals surface area contributed by atoms with Gasteiger partial charge in [-0.05, 0) is 18.1 Å². The van der Waals surface area contributed by atoms with Crippen LogP contribution in [0.2, 0.25) is 5.15 Å². The quantitative estimate of drug-likeness (QED) is 0.838. The van der Waals surface area contributed by atoms with E-state index >= 15 is 0 Å². The molecule has 2 aromatic rings. The van der Waals surface area contributed by atoms with Gasteiger partial charge in [0, 0.05) is 23.5 Å². The summed E-state index contributed by atoms with van der Waals surface area (Å²) in [5.41, 5.74) is 1.42. The number of carbonyl (C=O) groups is 1. The van der Waals surface area contributed by atoms with Crippen LogP contribution in [0.5, 0.6) is 0 Å². The molecule has 5 nitrogen and oxygen atoms in total. The summed E-state index contributed by atoms with van der Waals surface area (Å²) in [4.78, 5) is 15.7. The number of nitrogens with one attached hydrogen (secondary N) is 2. The lowest BCUT2D eigenvalue weighted by molar-refractivity contribution is 0.102. The molecular weight excluding hydrogens is 252 g/mol. The van der Waals surface area contributed by atoms with Crippen molar-refractivity contribution < 1.29 is 4.79 Å². The van der Waals surface area contributed by atoms with E-state index in [2.05, 4.69) is 20.5 Å². The van der Waals surface area contributed by atoms with Gasteiger partial charge in [0.2, 0.25) is 0 Å². The van der Waals surface area contributed by atoms with Crippen LogP contribution in [-0.4, -0.2) is 21.1 Å². The number of aromatic nitrogens is 3. The van der Waals surface area contributed by atoms with Gasteiger partial charge in [0.25, 0.3) is 5.91 Å². The summed E-state index contributed by atoms with van der Waals surface area (Å²) in [7, 11) is 0. The zero-order valence-electron chi connectivity index (χ0n) is 10.1. The van der Waals surface area contributed by atoms with Gasteiger partial charge in [-0.3, -0.25) is 9.89 Å². The standard InChI is InChI=1S/C12H13ClN4O/c1-7(2)9-6-11(17-16-9)15-12(18)8-3-4-14-10(13)5-8/h3-7H,1-2H3,(H2,15,16,17,18). The highest BCUT2D eigenvalue weighted by Gasteiger charge is 2.10. The molecule has 0 radical (unpaired) electrons. The second-order valence-corrected chi connectivity index (χ2v) is 4.57. The maximum Gasteiger partial charge on any atom is 0.257 e. The predicted octanol–water partition coefficient (Wildman–Crippen LogP) is 2.83. The Bertz CT molecular complexity index is 565. The van der Waals surface area contributed by atoms with Gasteiger partial charge < -0.3 is 5.32 Å². The number of hydrogen-bond acceptors (Lipinski definition) is 3. The number of amides is 1. The highest BCUT2D eigenvalue weighted by Crippen LogP contribution is 2.16. The van der Waals surface area contributed by atoms with E-state index in [1.165, 1.54) is 12.3 Å². The lowest BCUT2D eigenvalue weighted by Crippen LogP contribution is -2.12. The van der Waals surface area contributed by atoms with Crippen molar-refractivity contribution >= 4 is 23.3 Å². The molecule has 2 heterocycles. The number of H-pyrrole nitrogens is 1. The Labute approximate surface area is 110 Å². The zero-order chi connectivity index (χ0) is 13.1. The van der Waals surface area contributed by atoms with E-state index in [-0.39, 0.29) is 11.1 Å². The molecule has 1 amide bonds. The third-order valence-corrected chi connectivity index (χ3v) is 2.66. The largest absolute Gasteiger partial charge is 0.305 e. The van der Waals surface area contributed by atoms with Crippen LogP contribution in [-0.2, 0) is 0 Å². The van der Waals surface area contributed by atoms with Gasteiger partial charge in [0.15, 0.2) is 5.82 Å². The number of rotatable bonds is 3. The maximum atomic E-state index is 11.9. The molecule has 0 saturated heterocycles. The van der Waals surface area contributed by atoms with Gasteiger partial charge in [-0.2, -0.15) is 5.10 Å². The van der Waals surface area contributed by atoms with Crippen LogP contribution in [0.25, 0.3) is 0 Å². The summed E-state index contributed by atoms with van der Waals surface area (Å²) in [5.74, 6) is 0.566.